The van der Waals surface area contributed by atoms with Gasteiger partial charge in [0.25, 0.3) is 7.82 Å². The highest BCUT2D eigenvalue weighted by atomic mass is 31.2. The van der Waals surface area contributed by atoms with Crippen molar-refractivity contribution in [2.75, 3.05) is 47.5 Å². The van der Waals surface area contributed by atoms with Gasteiger partial charge < -0.3 is 27.9 Å². The summed E-state index contributed by atoms with van der Waals surface area (Å²) >= 11 is 0. The highest BCUT2D eigenvalue weighted by Crippen LogP contribution is 2.38. The molecule has 0 aliphatic rings. The fourth-order valence-electron chi connectivity index (χ4n) is 7.01. The number of unbranched alkanes of at least 4 members (excludes halogenated alkanes) is 29. The molecule has 0 N–H and O–H groups in total. The van der Waals surface area contributed by atoms with Crippen LogP contribution in [0.1, 0.15) is 232 Å². The Morgan fingerprint density at radius 3 is 1.34 bits per heavy atom. The first-order valence-electron chi connectivity index (χ1n) is 24.4. The maximum Gasteiger partial charge on any atom is 0.306 e. The zero-order valence-corrected chi connectivity index (χ0v) is 39.7. The predicted octanol–water partition coefficient (Wildman–Crippen LogP) is 13.5. The van der Waals surface area contributed by atoms with Gasteiger partial charge in [-0.05, 0) is 32.1 Å². The van der Waals surface area contributed by atoms with Gasteiger partial charge in [-0.3, -0.25) is 14.2 Å². The summed E-state index contributed by atoms with van der Waals surface area (Å²) in [7, 11) is 1.18. The Kier molecular flexibility index (Phi) is 40.2. The number of carbonyl (C=O) groups is 2. The topological polar surface area (TPSA) is 111 Å². The van der Waals surface area contributed by atoms with Crippen molar-refractivity contribution in [3.8, 4) is 0 Å². The van der Waals surface area contributed by atoms with Crippen LogP contribution in [0.4, 0.5) is 0 Å². The number of hydrogen-bond donors (Lipinski definition) is 0. The van der Waals surface area contributed by atoms with E-state index in [1.54, 1.807) is 0 Å². The molecule has 0 aromatic carbocycles. The number of esters is 2. The average Bonchev–Trinajstić information content (AvgIpc) is 3.17. The quantitative estimate of drug-likeness (QED) is 0.0196. The van der Waals surface area contributed by atoms with Crippen LogP contribution in [0.25, 0.3) is 0 Å². The first-order valence-corrected chi connectivity index (χ1v) is 25.9. The summed E-state index contributed by atoms with van der Waals surface area (Å²) in [6.07, 6.45) is 43.8. The van der Waals surface area contributed by atoms with Gasteiger partial charge in [0.05, 0.1) is 27.7 Å². The van der Waals surface area contributed by atoms with Crippen molar-refractivity contribution in [1.82, 2.24) is 0 Å². The maximum atomic E-state index is 12.7. The molecule has 0 amide bonds. The molecule has 0 aliphatic carbocycles. The van der Waals surface area contributed by atoms with E-state index >= 15 is 0 Å². The Bertz CT molecular complexity index is 1000. The Balaban J connectivity index is 4.24. The zero-order chi connectivity index (χ0) is 42.8. The van der Waals surface area contributed by atoms with Crippen molar-refractivity contribution < 1.29 is 42.1 Å². The van der Waals surface area contributed by atoms with E-state index in [9.17, 15) is 19.0 Å². The summed E-state index contributed by atoms with van der Waals surface area (Å²) < 4.78 is 34.0. The molecule has 10 heteroatoms. The van der Waals surface area contributed by atoms with Crippen LogP contribution in [0.5, 0.6) is 0 Å². The molecule has 0 aromatic heterocycles. The number of allylic oxidation sites excluding steroid dienone is 2. The van der Waals surface area contributed by atoms with Crippen LogP contribution in [0.3, 0.4) is 0 Å². The van der Waals surface area contributed by atoms with Crippen LogP contribution >= 0.6 is 7.82 Å². The van der Waals surface area contributed by atoms with E-state index in [4.69, 9.17) is 18.5 Å². The normalized spacial score (nSPS) is 13.6. The highest BCUT2D eigenvalue weighted by molar-refractivity contribution is 7.45. The van der Waals surface area contributed by atoms with E-state index in [1.165, 1.54) is 161 Å². The largest absolute Gasteiger partial charge is 0.756 e. The van der Waals surface area contributed by atoms with Gasteiger partial charge in [-0.15, -0.1) is 0 Å². The second-order valence-corrected chi connectivity index (χ2v) is 19.2. The molecule has 0 fully saturated rings. The second kappa shape index (κ2) is 41.1. The number of ether oxygens (including phenoxy) is 2. The van der Waals surface area contributed by atoms with E-state index in [0.717, 1.165) is 38.5 Å². The monoisotopic (exact) mass is 844 g/mol. The molecule has 0 bridgehead atoms. The molecule has 0 aromatic rings. The van der Waals surface area contributed by atoms with Gasteiger partial charge in [-0.2, -0.15) is 0 Å². The maximum absolute atomic E-state index is 12.7. The zero-order valence-electron chi connectivity index (χ0n) is 38.8. The molecular formula is C48H94NO8P. The van der Waals surface area contributed by atoms with Crippen molar-refractivity contribution in [1.29, 1.82) is 0 Å². The standard InChI is InChI=1S/C48H94NO8P/c1-6-8-10-12-14-16-18-20-22-24-26-28-30-32-34-36-38-40-47(50)54-44-46(45-56-58(52,53)55-43-42-49(3,4)5)57-48(51)41-39-37-35-33-31-29-27-25-23-21-19-17-15-13-11-9-7-2/h9,11,46H,6-8,10,12-45H2,1-5H3/b11-9+/t46-/m1/s1. The molecule has 0 aliphatic heterocycles. The average molecular weight is 844 g/mol. The fraction of sp³-hybridized carbons (Fsp3) is 0.917. The molecule has 0 rings (SSSR count). The summed E-state index contributed by atoms with van der Waals surface area (Å²) in [5, 5.41) is 0. The van der Waals surface area contributed by atoms with E-state index in [2.05, 4.69) is 26.0 Å². The van der Waals surface area contributed by atoms with Gasteiger partial charge in [0, 0.05) is 12.8 Å². The van der Waals surface area contributed by atoms with E-state index in [0.29, 0.717) is 17.4 Å². The number of quaternary nitrogens is 1. The number of rotatable bonds is 45. The van der Waals surface area contributed by atoms with E-state index in [-0.39, 0.29) is 32.0 Å². The Hall–Kier alpha value is -1.25. The molecule has 1 unspecified atom stereocenters. The fourth-order valence-corrected chi connectivity index (χ4v) is 7.74. The van der Waals surface area contributed by atoms with Crippen LogP contribution < -0.4 is 4.89 Å². The summed E-state index contributed by atoms with van der Waals surface area (Å²) in [6.45, 7) is 4.19. The van der Waals surface area contributed by atoms with Crippen molar-refractivity contribution >= 4 is 19.8 Å². The Labute approximate surface area is 358 Å². The number of hydrogen-bond acceptors (Lipinski definition) is 8. The minimum atomic E-state index is -4.62. The van der Waals surface area contributed by atoms with E-state index in [1.807, 2.05) is 21.1 Å². The minimum Gasteiger partial charge on any atom is -0.756 e. The second-order valence-electron chi connectivity index (χ2n) is 17.8. The molecule has 0 heterocycles. The molecule has 2 atom stereocenters. The Morgan fingerprint density at radius 2 is 0.931 bits per heavy atom. The number of phosphoric ester groups is 1. The van der Waals surface area contributed by atoms with Gasteiger partial charge in [-0.25, -0.2) is 0 Å². The van der Waals surface area contributed by atoms with Gasteiger partial charge in [0.1, 0.15) is 19.8 Å². The molecule has 0 spiro atoms. The first kappa shape index (κ1) is 56.8. The van der Waals surface area contributed by atoms with Crippen molar-refractivity contribution in [3.63, 3.8) is 0 Å². The van der Waals surface area contributed by atoms with Crippen molar-refractivity contribution in [2.24, 2.45) is 0 Å². The summed E-state index contributed by atoms with van der Waals surface area (Å²) in [4.78, 5) is 37.6. The molecule has 9 nitrogen and oxygen atoms in total. The molecule has 0 saturated heterocycles. The van der Waals surface area contributed by atoms with Crippen LogP contribution in [0.15, 0.2) is 12.2 Å². The molecule has 58 heavy (non-hydrogen) atoms. The SMILES string of the molecule is CC/C=C/CCCCCCCCCCCCCCCC(=O)O[C@H](COC(=O)CCCCCCCCCCCCCCCCCCC)COP(=O)([O-])OCC[N+](C)(C)C. The third-order valence-electron chi connectivity index (χ3n) is 10.8. The lowest BCUT2D eigenvalue weighted by molar-refractivity contribution is -0.870. The van der Waals surface area contributed by atoms with Gasteiger partial charge in [-0.1, -0.05) is 199 Å². The third-order valence-corrected chi connectivity index (χ3v) is 11.8. The van der Waals surface area contributed by atoms with Crippen LogP contribution in [-0.4, -0.2) is 70.0 Å². The number of carbonyl (C=O) groups excluding carboxylic acids is 2. The van der Waals surface area contributed by atoms with Gasteiger partial charge in [0.2, 0.25) is 0 Å². The lowest BCUT2D eigenvalue weighted by atomic mass is 10.0. The van der Waals surface area contributed by atoms with Crippen LogP contribution in [0, 0.1) is 0 Å². The van der Waals surface area contributed by atoms with Crippen LogP contribution in [-0.2, 0) is 32.7 Å². The minimum absolute atomic E-state index is 0.0271. The van der Waals surface area contributed by atoms with Crippen molar-refractivity contribution in [2.45, 2.75) is 238 Å². The van der Waals surface area contributed by atoms with Crippen LogP contribution in [0.2, 0.25) is 0 Å². The number of likely N-dealkylation sites (N-methyl/N-ethyl adjacent to an activating group) is 1. The molecule has 0 radical (unpaired) electrons. The lowest BCUT2D eigenvalue weighted by Crippen LogP contribution is -2.37. The number of nitrogens with zero attached hydrogens (tertiary/aromatic N) is 1. The van der Waals surface area contributed by atoms with Gasteiger partial charge in [0.15, 0.2) is 6.10 Å². The molecular weight excluding hydrogens is 750 g/mol. The Morgan fingerprint density at radius 1 is 0.534 bits per heavy atom. The smallest absolute Gasteiger partial charge is 0.306 e. The van der Waals surface area contributed by atoms with Gasteiger partial charge >= 0.3 is 11.9 Å². The summed E-state index contributed by atoms with van der Waals surface area (Å²) in [5.41, 5.74) is 0. The molecule has 0 saturated carbocycles. The van der Waals surface area contributed by atoms with Crippen molar-refractivity contribution in [3.05, 3.63) is 12.2 Å². The lowest BCUT2D eigenvalue weighted by Gasteiger charge is -2.28. The highest BCUT2D eigenvalue weighted by Gasteiger charge is 2.21. The number of phosphoric acid groups is 1. The first-order chi connectivity index (χ1) is 28.0. The molecule has 344 valence electrons. The third kappa shape index (κ3) is 44.3. The predicted molar refractivity (Wildman–Crippen MR) is 241 cm³/mol. The summed E-state index contributed by atoms with van der Waals surface area (Å²) in [6, 6.07) is 0. The summed E-state index contributed by atoms with van der Waals surface area (Å²) in [5.74, 6) is -0.820. The van der Waals surface area contributed by atoms with E-state index < -0.39 is 26.5 Å².